The van der Waals surface area contributed by atoms with Crippen molar-refractivity contribution in [2.45, 2.75) is 6.92 Å². The normalized spacial score (nSPS) is 9.94. The third-order valence-electron chi connectivity index (χ3n) is 2.17. The highest BCUT2D eigenvalue weighted by Crippen LogP contribution is 2.08. The smallest absolute Gasteiger partial charge is 0.255 e. The van der Waals surface area contributed by atoms with E-state index in [4.69, 9.17) is 0 Å². The molecule has 0 fully saturated rings. The predicted octanol–water partition coefficient (Wildman–Crippen LogP) is 1.33. The van der Waals surface area contributed by atoms with Gasteiger partial charge in [-0.1, -0.05) is 0 Å². The SMILES string of the molecule is Cc1cncc(NC(=O)c2cc[nH]c(=O)c2)c1. The Balaban J connectivity index is 2.20. The number of aromatic nitrogens is 2. The van der Waals surface area contributed by atoms with Crippen LogP contribution in [0.15, 0.2) is 41.6 Å². The van der Waals surface area contributed by atoms with E-state index in [2.05, 4.69) is 15.3 Å². The monoisotopic (exact) mass is 229 g/mol. The predicted molar refractivity (Wildman–Crippen MR) is 64.0 cm³/mol. The molecule has 5 nitrogen and oxygen atoms in total. The Morgan fingerprint density at radius 2 is 2.18 bits per heavy atom. The van der Waals surface area contributed by atoms with Crippen molar-refractivity contribution in [3.63, 3.8) is 0 Å². The largest absolute Gasteiger partial charge is 0.329 e. The van der Waals surface area contributed by atoms with Gasteiger partial charge < -0.3 is 10.3 Å². The number of nitrogens with zero attached hydrogens (tertiary/aromatic N) is 1. The topological polar surface area (TPSA) is 74.8 Å². The fourth-order valence-electron chi connectivity index (χ4n) is 1.41. The third-order valence-corrected chi connectivity index (χ3v) is 2.17. The van der Waals surface area contributed by atoms with Gasteiger partial charge in [0.15, 0.2) is 0 Å². The molecule has 2 rings (SSSR count). The number of aryl methyl sites for hydroxylation is 1. The Hall–Kier alpha value is -2.43. The summed E-state index contributed by atoms with van der Waals surface area (Å²) in [6, 6.07) is 4.59. The van der Waals surface area contributed by atoms with Crippen LogP contribution in [0.5, 0.6) is 0 Å². The van der Waals surface area contributed by atoms with E-state index in [-0.39, 0.29) is 11.5 Å². The first-order valence-corrected chi connectivity index (χ1v) is 5.07. The average Bonchev–Trinajstić information content (AvgIpc) is 2.29. The Morgan fingerprint density at radius 3 is 2.88 bits per heavy atom. The fraction of sp³-hybridized carbons (Fsp3) is 0.0833. The molecule has 1 amide bonds. The van der Waals surface area contributed by atoms with Gasteiger partial charge in [-0.15, -0.1) is 0 Å². The van der Waals surface area contributed by atoms with E-state index in [1.807, 2.05) is 6.92 Å². The average molecular weight is 229 g/mol. The number of anilines is 1. The Kier molecular flexibility index (Phi) is 3.00. The van der Waals surface area contributed by atoms with Gasteiger partial charge in [-0.3, -0.25) is 14.6 Å². The summed E-state index contributed by atoms with van der Waals surface area (Å²) in [5.41, 5.74) is 1.57. The van der Waals surface area contributed by atoms with Crippen LogP contribution < -0.4 is 10.9 Å². The molecule has 0 spiro atoms. The quantitative estimate of drug-likeness (QED) is 0.815. The summed E-state index contributed by atoms with van der Waals surface area (Å²) in [6.07, 6.45) is 4.69. The van der Waals surface area contributed by atoms with Crippen molar-refractivity contribution in [2.24, 2.45) is 0 Å². The zero-order valence-electron chi connectivity index (χ0n) is 9.23. The molecule has 0 saturated carbocycles. The highest BCUT2D eigenvalue weighted by molar-refractivity contribution is 6.04. The molecule has 2 aromatic rings. The maximum atomic E-state index is 11.8. The molecule has 0 radical (unpaired) electrons. The molecule has 0 unspecified atom stereocenters. The van der Waals surface area contributed by atoms with Crippen molar-refractivity contribution >= 4 is 11.6 Å². The van der Waals surface area contributed by atoms with Crippen LogP contribution in [-0.2, 0) is 0 Å². The first-order chi connectivity index (χ1) is 8.15. The molecule has 2 N–H and O–H groups in total. The lowest BCUT2D eigenvalue weighted by atomic mass is 10.2. The molecule has 2 aromatic heterocycles. The molecule has 0 aliphatic heterocycles. The van der Waals surface area contributed by atoms with E-state index in [9.17, 15) is 9.59 Å². The summed E-state index contributed by atoms with van der Waals surface area (Å²) in [5, 5.41) is 2.67. The molecule has 0 atom stereocenters. The minimum absolute atomic E-state index is 0.306. The molecule has 86 valence electrons. The molecule has 5 heteroatoms. The van der Waals surface area contributed by atoms with Gasteiger partial charge in [0.1, 0.15) is 0 Å². The lowest BCUT2D eigenvalue weighted by Gasteiger charge is -2.04. The third kappa shape index (κ3) is 2.78. The van der Waals surface area contributed by atoms with E-state index in [0.29, 0.717) is 11.3 Å². The molecule has 0 aliphatic rings. The number of rotatable bonds is 2. The van der Waals surface area contributed by atoms with Crippen molar-refractivity contribution in [1.29, 1.82) is 0 Å². The Bertz CT molecular complexity index is 604. The van der Waals surface area contributed by atoms with Gasteiger partial charge >= 0.3 is 0 Å². The number of amides is 1. The van der Waals surface area contributed by atoms with Gasteiger partial charge in [0, 0.05) is 24.0 Å². The number of H-pyrrole nitrogens is 1. The maximum Gasteiger partial charge on any atom is 0.255 e. The highest BCUT2D eigenvalue weighted by atomic mass is 16.2. The van der Waals surface area contributed by atoms with Gasteiger partial charge in [-0.05, 0) is 24.6 Å². The molecule has 0 bridgehead atoms. The summed E-state index contributed by atoms with van der Waals surface area (Å²) in [5.74, 6) is -0.330. The first kappa shape index (κ1) is 11.1. The summed E-state index contributed by atoms with van der Waals surface area (Å²) in [6.45, 7) is 1.88. The Morgan fingerprint density at radius 1 is 1.35 bits per heavy atom. The van der Waals surface area contributed by atoms with Crippen LogP contribution in [0, 0.1) is 6.92 Å². The maximum absolute atomic E-state index is 11.8. The van der Waals surface area contributed by atoms with Crippen LogP contribution in [0.1, 0.15) is 15.9 Å². The van der Waals surface area contributed by atoms with E-state index in [1.165, 1.54) is 12.3 Å². The lowest BCUT2D eigenvalue weighted by Crippen LogP contribution is -2.15. The number of nitrogens with one attached hydrogen (secondary N) is 2. The number of carbonyl (C=O) groups is 1. The summed E-state index contributed by atoms with van der Waals surface area (Å²) in [4.78, 5) is 29.3. The number of hydrogen-bond donors (Lipinski definition) is 2. The minimum atomic E-state index is -0.330. The summed E-state index contributed by atoms with van der Waals surface area (Å²) >= 11 is 0. The second-order valence-electron chi connectivity index (χ2n) is 3.65. The molecule has 2 heterocycles. The van der Waals surface area contributed by atoms with Crippen molar-refractivity contribution < 1.29 is 4.79 Å². The molecular formula is C12H11N3O2. The fourth-order valence-corrected chi connectivity index (χ4v) is 1.41. The number of aromatic amines is 1. The van der Waals surface area contributed by atoms with Gasteiger partial charge in [0.05, 0.1) is 11.9 Å². The van der Waals surface area contributed by atoms with Crippen LogP contribution in [0.25, 0.3) is 0 Å². The second kappa shape index (κ2) is 4.61. The van der Waals surface area contributed by atoms with Crippen LogP contribution in [-0.4, -0.2) is 15.9 Å². The van der Waals surface area contributed by atoms with Crippen molar-refractivity contribution in [3.8, 4) is 0 Å². The van der Waals surface area contributed by atoms with E-state index < -0.39 is 0 Å². The van der Waals surface area contributed by atoms with Crippen molar-refractivity contribution in [3.05, 3.63) is 58.3 Å². The van der Waals surface area contributed by atoms with Crippen LogP contribution >= 0.6 is 0 Å². The van der Waals surface area contributed by atoms with Crippen molar-refractivity contribution in [1.82, 2.24) is 9.97 Å². The molecular weight excluding hydrogens is 218 g/mol. The molecule has 0 aromatic carbocycles. The summed E-state index contributed by atoms with van der Waals surface area (Å²) < 4.78 is 0. The number of hydrogen-bond acceptors (Lipinski definition) is 3. The molecule has 0 aliphatic carbocycles. The van der Waals surface area contributed by atoms with E-state index in [1.54, 1.807) is 24.5 Å². The van der Waals surface area contributed by atoms with Gasteiger partial charge in [0.2, 0.25) is 5.56 Å². The van der Waals surface area contributed by atoms with E-state index >= 15 is 0 Å². The van der Waals surface area contributed by atoms with E-state index in [0.717, 1.165) is 5.56 Å². The summed E-state index contributed by atoms with van der Waals surface area (Å²) in [7, 11) is 0. The van der Waals surface area contributed by atoms with Crippen LogP contribution in [0.2, 0.25) is 0 Å². The van der Waals surface area contributed by atoms with Crippen molar-refractivity contribution in [2.75, 3.05) is 5.32 Å². The van der Waals surface area contributed by atoms with Crippen LogP contribution in [0.3, 0.4) is 0 Å². The number of carbonyl (C=O) groups excluding carboxylic acids is 1. The number of pyridine rings is 2. The Labute approximate surface area is 97.5 Å². The zero-order chi connectivity index (χ0) is 12.3. The molecule has 0 saturated heterocycles. The first-order valence-electron chi connectivity index (χ1n) is 5.07. The van der Waals surface area contributed by atoms with Gasteiger partial charge in [-0.2, -0.15) is 0 Å². The highest BCUT2D eigenvalue weighted by Gasteiger charge is 2.06. The molecule has 17 heavy (non-hydrogen) atoms. The van der Waals surface area contributed by atoms with Gasteiger partial charge in [0.25, 0.3) is 5.91 Å². The van der Waals surface area contributed by atoms with Gasteiger partial charge in [-0.25, -0.2) is 0 Å². The van der Waals surface area contributed by atoms with Crippen LogP contribution in [0.4, 0.5) is 5.69 Å². The standard InChI is InChI=1S/C12H11N3O2/c1-8-4-10(7-13-6-8)15-12(17)9-2-3-14-11(16)5-9/h2-7H,1H3,(H,14,16)(H,15,17). The minimum Gasteiger partial charge on any atom is -0.329 e. The zero-order valence-corrected chi connectivity index (χ0v) is 9.23. The second-order valence-corrected chi connectivity index (χ2v) is 3.65. The lowest BCUT2D eigenvalue weighted by molar-refractivity contribution is 0.102.